The first-order valence-electron chi connectivity index (χ1n) is 5.06. The SMILES string of the molecule is Cc1cc(C)cc(S(=O)(=O)N[C@H](C)C(=O)O)c1. The Morgan fingerprint density at radius 1 is 1.24 bits per heavy atom. The first kappa shape index (κ1) is 13.7. The Kier molecular flexibility index (Phi) is 3.90. The minimum Gasteiger partial charge on any atom is -0.480 e. The van der Waals surface area contributed by atoms with E-state index in [0.29, 0.717) is 0 Å². The van der Waals surface area contributed by atoms with Gasteiger partial charge in [-0.3, -0.25) is 4.79 Å². The van der Waals surface area contributed by atoms with Gasteiger partial charge in [0.25, 0.3) is 0 Å². The maximum absolute atomic E-state index is 11.9. The van der Waals surface area contributed by atoms with E-state index in [-0.39, 0.29) is 4.90 Å². The average molecular weight is 257 g/mol. The second kappa shape index (κ2) is 4.85. The maximum atomic E-state index is 11.9. The lowest BCUT2D eigenvalue weighted by atomic mass is 10.2. The summed E-state index contributed by atoms with van der Waals surface area (Å²) < 4.78 is 25.9. The van der Waals surface area contributed by atoms with E-state index in [1.807, 2.05) is 6.07 Å². The van der Waals surface area contributed by atoms with Crippen molar-refractivity contribution in [2.45, 2.75) is 31.7 Å². The van der Waals surface area contributed by atoms with E-state index in [4.69, 9.17) is 5.11 Å². The maximum Gasteiger partial charge on any atom is 0.321 e. The highest BCUT2D eigenvalue weighted by atomic mass is 32.2. The second-order valence-electron chi connectivity index (χ2n) is 4.00. The van der Waals surface area contributed by atoms with E-state index in [1.165, 1.54) is 19.1 Å². The van der Waals surface area contributed by atoms with Crippen LogP contribution in [-0.4, -0.2) is 25.5 Å². The Bertz CT molecular complexity index is 516. The molecule has 0 bridgehead atoms. The second-order valence-corrected chi connectivity index (χ2v) is 5.72. The minimum absolute atomic E-state index is 0.0862. The van der Waals surface area contributed by atoms with Gasteiger partial charge in [-0.25, -0.2) is 8.42 Å². The van der Waals surface area contributed by atoms with E-state index < -0.39 is 22.0 Å². The normalized spacial score (nSPS) is 13.4. The number of carboxylic acid groups (broad SMARTS) is 1. The van der Waals surface area contributed by atoms with Gasteiger partial charge in [-0.2, -0.15) is 4.72 Å². The van der Waals surface area contributed by atoms with Gasteiger partial charge in [0.1, 0.15) is 6.04 Å². The van der Waals surface area contributed by atoms with Crippen LogP contribution in [0.4, 0.5) is 0 Å². The summed E-state index contributed by atoms with van der Waals surface area (Å²) in [6.45, 7) is 4.85. The molecule has 0 amide bonds. The summed E-state index contributed by atoms with van der Waals surface area (Å²) in [7, 11) is -3.78. The lowest BCUT2D eigenvalue weighted by Gasteiger charge is -2.11. The number of benzene rings is 1. The molecule has 5 nitrogen and oxygen atoms in total. The number of hydrogen-bond acceptors (Lipinski definition) is 3. The number of nitrogens with one attached hydrogen (secondary N) is 1. The van der Waals surface area contributed by atoms with Crippen molar-refractivity contribution in [1.29, 1.82) is 0 Å². The topological polar surface area (TPSA) is 83.5 Å². The van der Waals surface area contributed by atoms with Gasteiger partial charge in [0.15, 0.2) is 0 Å². The summed E-state index contributed by atoms with van der Waals surface area (Å²) in [5, 5.41) is 8.67. The monoisotopic (exact) mass is 257 g/mol. The zero-order chi connectivity index (χ0) is 13.2. The van der Waals surface area contributed by atoms with E-state index >= 15 is 0 Å². The van der Waals surface area contributed by atoms with E-state index in [2.05, 4.69) is 4.72 Å². The standard InChI is InChI=1S/C11H15NO4S/c1-7-4-8(2)6-10(5-7)17(15,16)12-9(3)11(13)14/h4-6,9,12H,1-3H3,(H,13,14)/t9-/m1/s1. The number of carbonyl (C=O) groups is 1. The third kappa shape index (κ3) is 3.54. The van der Waals surface area contributed by atoms with E-state index in [9.17, 15) is 13.2 Å². The van der Waals surface area contributed by atoms with Crippen molar-refractivity contribution in [3.63, 3.8) is 0 Å². The van der Waals surface area contributed by atoms with Crippen molar-refractivity contribution in [1.82, 2.24) is 4.72 Å². The summed E-state index contributed by atoms with van der Waals surface area (Å²) in [5.74, 6) is -1.21. The molecule has 0 spiro atoms. The Morgan fingerprint density at radius 3 is 2.12 bits per heavy atom. The largest absolute Gasteiger partial charge is 0.480 e. The Labute approximate surface area is 101 Å². The number of sulfonamides is 1. The molecule has 2 N–H and O–H groups in total. The van der Waals surface area contributed by atoms with E-state index in [0.717, 1.165) is 11.1 Å². The molecule has 0 fully saturated rings. The van der Waals surface area contributed by atoms with Crippen molar-refractivity contribution in [2.24, 2.45) is 0 Å². The van der Waals surface area contributed by atoms with Crippen molar-refractivity contribution in [3.8, 4) is 0 Å². The molecule has 0 saturated heterocycles. The number of rotatable bonds is 4. The first-order valence-corrected chi connectivity index (χ1v) is 6.54. The molecule has 0 radical (unpaired) electrons. The quantitative estimate of drug-likeness (QED) is 0.844. The third-order valence-corrected chi connectivity index (χ3v) is 3.73. The third-order valence-electron chi connectivity index (χ3n) is 2.21. The molecule has 0 aliphatic carbocycles. The van der Waals surface area contributed by atoms with Crippen molar-refractivity contribution in [2.75, 3.05) is 0 Å². The molecule has 94 valence electrons. The van der Waals surface area contributed by atoms with Crippen molar-refractivity contribution >= 4 is 16.0 Å². The van der Waals surface area contributed by atoms with Crippen molar-refractivity contribution < 1.29 is 18.3 Å². The van der Waals surface area contributed by atoms with Crippen LogP contribution < -0.4 is 4.72 Å². The molecule has 6 heteroatoms. The van der Waals surface area contributed by atoms with Crippen LogP contribution in [0, 0.1) is 13.8 Å². The molecule has 0 saturated carbocycles. The van der Waals surface area contributed by atoms with Crippen LogP contribution >= 0.6 is 0 Å². The smallest absolute Gasteiger partial charge is 0.321 e. The van der Waals surface area contributed by atoms with E-state index in [1.54, 1.807) is 13.8 Å². The Morgan fingerprint density at radius 2 is 1.71 bits per heavy atom. The van der Waals surface area contributed by atoms with Crippen LogP contribution in [0.3, 0.4) is 0 Å². The predicted octanol–water partition coefficient (Wildman–Crippen LogP) is 1.05. The zero-order valence-corrected chi connectivity index (χ0v) is 10.7. The molecule has 1 rings (SSSR count). The summed E-state index contributed by atoms with van der Waals surface area (Å²) in [6.07, 6.45) is 0. The Balaban J connectivity index is 3.09. The predicted molar refractivity (Wildman–Crippen MR) is 63.3 cm³/mol. The van der Waals surface area contributed by atoms with Crippen LogP contribution in [0.5, 0.6) is 0 Å². The number of carboxylic acids is 1. The summed E-state index contributed by atoms with van der Waals surface area (Å²) in [6, 6.07) is 3.70. The summed E-state index contributed by atoms with van der Waals surface area (Å²) >= 11 is 0. The van der Waals surface area contributed by atoms with Crippen LogP contribution in [-0.2, 0) is 14.8 Å². The molecule has 17 heavy (non-hydrogen) atoms. The van der Waals surface area contributed by atoms with Gasteiger partial charge in [-0.05, 0) is 44.0 Å². The summed E-state index contributed by atoms with van der Waals surface area (Å²) in [4.78, 5) is 10.7. The highest BCUT2D eigenvalue weighted by Crippen LogP contribution is 2.14. The summed E-state index contributed by atoms with van der Waals surface area (Å²) in [5.41, 5.74) is 1.63. The van der Waals surface area contributed by atoms with Gasteiger partial charge in [0, 0.05) is 0 Å². The molecule has 1 aromatic carbocycles. The molecule has 0 unspecified atom stereocenters. The van der Waals surface area contributed by atoms with Crippen LogP contribution in [0.1, 0.15) is 18.1 Å². The fourth-order valence-corrected chi connectivity index (χ4v) is 2.82. The zero-order valence-electron chi connectivity index (χ0n) is 9.89. The fourth-order valence-electron chi connectivity index (χ4n) is 1.44. The van der Waals surface area contributed by atoms with Gasteiger partial charge in [-0.1, -0.05) is 6.07 Å². The average Bonchev–Trinajstić information content (AvgIpc) is 2.15. The molecule has 1 aromatic rings. The first-order chi connectivity index (χ1) is 7.72. The van der Waals surface area contributed by atoms with Gasteiger partial charge in [0.05, 0.1) is 4.90 Å². The van der Waals surface area contributed by atoms with Crippen molar-refractivity contribution in [3.05, 3.63) is 29.3 Å². The number of hydrogen-bond donors (Lipinski definition) is 2. The molecular weight excluding hydrogens is 242 g/mol. The van der Waals surface area contributed by atoms with Gasteiger partial charge < -0.3 is 5.11 Å². The number of aryl methyl sites for hydroxylation is 2. The van der Waals surface area contributed by atoms with Gasteiger partial charge >= 0.3 is 5.97 Å². The highest BCUT2D eigenvalue weighted by Gasteiger charge is 2.21. The highest BCUT2D eigenvalue weighted by molar-refractivity contribution is 7.89. The molecule has 0 aromatic heterocycles. The lowest BCUT2D eigenvalue weighted by Crippen LogP contribution is -2.38. The van der Waals surface area contributed by atoms with Crippen LogP contribution in [0.2, 0.25) is 0 Å². The minimum atomic E-state index is -3.78. The van der Waals surface area contributed by atoms with Crippen LogP contribution in [0.15, 0.2) is 23.1 Å². The molecular formula is C11H15NO4S. The lowest BCUT2D eigenvalue weighted by molar-refractivity contribution is -0.138. The Hall–Kier alpha value is -1.40. The molecule has 0 aliphatic heterocycles. The molecule has 1 atom stereocenters. The fraction of sp³-hybridized carbons (Fsp3) is 0.364. The van der Waals surface area contributed by atoms with Crippen LogP contribution in [0.25, 0.3) is 0 Å². The number of aliphatic carboxylic acids is 1. The molecule has 0 heterocycles. The van der Waals surface area contributed by atoms with Gasteiger partial charge in [-0.15, -0.1) is 0 Å². The van der Waals surface area contributed by atoms with Gasteiger partial charge in [0.2, 0.25) is 10.0 Å². The molecule has 0 aliphatic rings.